The predicted molar refractivity (Wildman–Crippen MR) is 97.1 cm³/mol. The molecule has 0 fully saturated rings. The molecule has 5 heteroatoms. The summed E-state index contributed by atoms with van der Waals surface area (Å²) in [6.45, 7) is 3.76. The third-order valence-electron chi connectivity index (χ3n) is 3.08. The lowest BCUT2D eigenvalue weighted by Crippen LogP contribution is -2.32. The summed E-state index contributed by atoms with van der Waals surface area (Å²) in [5, 5.41) is 6.68. The second-order valence-electron chi connectivity index (χ2n) is 4.82. The van der Waals surface area contributed by atoms with Crippen LogP contribution in [0, 0.1) is 10.5 Å². The fourth-order valence-corrected chi connectivity index (χ4v) is 2.36. The highest BCUT2D eigenvalue weighted by Gasteiger charge is 2.13. The molecular weight excluding hydrogens is 399 g/mol. The zero-order valence-electron chi connectivity index (χ0n) is 11.8. The van der Waals surface area contributed by atoms with Gasteiger partial charge < -0.3 is 10.6 Å². The Morgan fingerprint density at radius 1 is 1.19 bits per heavy atom. The molecule has 0 radical (unpaired) electrons. The third kappa shape index (κ3) is 4.61. The number of benzene rings is 2. The molecule has 0 aromatic heterocycles. The SMILES string of the molecule is Cc1ccc(Cl)cc1NC(=O)[C@@H](C)Nc1ccc(I)cc1. The first-order chi connectivity index (χ1) is 9.95. The molecule has 0 aliphatic heterocycles. The second kappa shape index (κ2) is 7.13. The van der Waals surface area contributed by atoms with E-state index in [1.54, 1.807) is 12.1 Å². The Bertz CT molecular complexity index is 643. The highest BCUT2D eigenvalue weighted by atomic mass is 127. The summed E-state index contributed by atoms with van der Waals surface area (Å²) in [6.07, 6.45) is 0. The van der Waals surface area contributed by atoms with Gasteiger partial charge in [0.05, 0.1) is 0 Å². The van der Waals surface area contributed by atoms with E-state index in [2.05, 4.69) is 33.2 Å². The van der Waals surface area contributed by atoms with Gasteiger partial charge in [0.15, 0.2) is 0 Å². The standard InChI is InChI=1S/C16H16ClIN2O/c1-10-3-4-12(17)9-15(10)20-16(21)11(2)19-14-7-5-13(18)6-8-14/h3-9,11,19H,1-2H3,(H,20,21)/t11-/m1/s1. The van der Waals surface area contributed by atoms with Gasteiger partial charge in [0.2, 0.25) is 5.91 Å². The summed E-state index contributed by atoms with van der Waals surface area (Å²) >= 11 is 8.20. The largest absolute Gasteiger partial charge is 0.374 e. The van der Waals surface area contributed by atoms with Gasteiger partial charge in [0.25, 0.3) is 0 Å². The smallest absolute Gasteiger partial charge is 0.246 e. The molecule has 0 saturated carbocycles. The molecule has 1 amide bonds. The summed E-state index contributed by atoms with van der Waals surface area (Å²) in [4.78, 5) is 12.2. The van der Waals surface area contributed by atoms with Crippen molar-refractivity contribution in [3.63, 3.8) is 0 Å². The molecule has 0 bridgehead atoms. The van der Waals surface area contributed by atoms with Gasteiger partial charge in [-0.1, -0.05) is 17.7 Å². The number of aryl methyl sites for hydroxylation is 1. The number of hydrogen-bond acceptors (Lipinski definition) is 2. The van der Waals surface area contributed by atoms with Crippen LogP contribution in [-0.2, 0) is 4.79 Å². The number of carbonyl (C=O) groups is 1. The molecule has 1 atom stereocenters. The number of hydrogen-bond donors (Lipinski definition) is 2. The third-order valence-corrected chi connectivity index (χ3v) is 4.03. The summed E-state index contributed by atoms with van der Waals surface area (Å²) in [5.74, 6) is -0.0982. The first-order valence-electron chi connectivity index (χ1n) is 6.55. The van der Waals surface area contributed by atoms with Gasteiger partial charge in [-0.3, -0.25) is 4.79 Å². The molecular formula is C16H16ClIN2O. The zero-order valence-corrected chi connectivity index (χ0v) is 14.7. The Morgan fingerprint density at radius 3 is 2.52 bits per heavy atom. The average molecular weight is 415 g/mol. The quantitative estimate of drug-likeness (QED) is 0.713. The summed E-state index contributed by atoms with van der Waals surface area (Å²) < 4.78 is 1.16. The van der Waals surface area contributed by atoms with Gasteiger partial charge >= 0.3 is 0 Å². The normalized spacial score (nSPS) is 11.8. The molecule has 110 valence electrons. The first kappa shape index (κ1) is 16.1. The number of carbonyl (C=O) groups excluding carboxylic acids is 1. The van der Waals surface area contributed by atoms with Crippen LogP contribution in [0.2, 0.25) is 5.02 Å². The van der Waals surface area contributed by atoms with Crippen molar-refractivity contribution in [3.05, 3.63) is 56.6 Å². The Hall–Kier alpha value is -1.27. The van der Waals surface area contributed by atoms with E-state index in [4.69, 9.17) is 11.6 Å². The van der Waals surface area contributed by atoms with Crippen molar-refractivity contribution in [2.24, 2.45) is 0 Å². The second-order valence-corrected chi connectivity index (χ2v) is 6.50. The van der Waals surface area contributed by atoms with Crippen molar-refractivity contribution >= 4 is 51.5 Å². The monoisotopic (exact) mass is 414 g/mol. The van der Waals surface area contributed by atoms with Gasteiger partial charge in [-0.15, -0.1) is 0 Å². The maximum atomic E-state index is 12.2. The van der Waals surface area contributed by atoms with E-state index in [9.17, 15) is 4.79 Å². The van der Waals surface area contributed by atoms with Gasteiger partial charge in [-0.25, -0.2) is 0 Å². The highest BCUT2D eigenvalue weighted by Crippen LogP contribution is 2.20. The molecule has 0 spiro atoms. The Balaban J connectivity index is 2.02. The van der Waals surface area contributed by atoms with E-state index >= 15 is 0 Å². The lowest BCUT2D eigenvalue weighted by molar-refractivity contribution is -0.116. The maximum absolute atomic E-state index is 12.2. The van der Waals surface area contributed by atoms with E-state index in [-0.39, 0.29) is 11.9 Å². The molecule has 0 heterocycles. The Kier molecular flexibility index (Phi) is 5.47. The maximum Gasteiger partial charge on any atom is 0.246 e. The van der Waals surface area contributed by atoms with Crippen LogP contribution in [0.5, 0.6) is 0 Å². The Morgan fingerprint density at radius 2 is 1.86 bits per heavy atom. The van der Waals surface area contributed by atoms with E-state index in [0.717, 1.165) is 20.5 Å². The van der Waals surface area contributed by atoms with Gasteiger partial charge in [-0.2, -0.15) is 0 Å². The summed E-state index contributed by atoms with van der Waals surface area (Å²) in [7, 11) is 0. The van der Waals surface area contributed by atoms with Crippen molar-refractivity contribution in [3.8, 4) is 0 Å². The van der Waals surface area contributed by atoms with Crippen LogP contribution in [0.1, 0.15) is 12.5 Å². The number of nitrogens with one attached hydrogen (secondary N) is 2. The van der Waals surface area contributed by atoms with Gasteiger partial charge in [0, 0.05) is 20.0 Å². The van der Waals surface area contributed by atoms with E-state index in [1.165, 1.54) is 0 Å². The zero-order chi connectivity index (χ0) is 15.4. The predicted octanol–water partition coefficient (Wildman–Crippen LogP) is 4.69. The van der Waals surface area contributed by atoms with E-state index in [0.29, 0.717) is 5.02 Å². The van der Waals surface area contributed by atoms with Crippen LogP contribution in [0.3, 0.4) is 0 Å². The number of rotatable bonds is 4. The van der Waals surface area contributed by atoms with Crippen molar-refractivity contribution in [1.82, 2.24) is 0 Å². The van der Waals surface area contributed by atoms with Gasteiger partial charge in [0.1, 0.15) is 6.04 Å². The fraction of sp³-hybridized carbons (Fsp3) is 0.188. The molecule has 2 aromatic rings. The molecule has 0 aliphatic carbocycles. The number of halogens is 2. The molecule has 0 aliphatic rings. The van der Waals surface area contributed by atoms with Crippen LogP contribution in [-0.4, -0.2) is 11.9 Å². The molecule has 21 heavy (non-hydrogen) atoms. The number of amides is 1. The molecule has 3 nitrogen and oxygen atoms in total. The molecule has 0 unspecified atom stereocenters. The minimum absolute atomic E-state index is 0.0982. The summed E-state index contributed by atoms with van der Waals surface area (Å²) in [6, 6.07) is 13.0. The first-order valence-corrected chi connectivity index (χ1v) is 8.00. The lowest BCUT2D eigenvalue weighted by atomic mass is 10.2. The van der Waals surface area contributed by atoms with E-state index in [1.807, 2.05) is 44.2 Å². The van der Waals surface area contributed by atoms with Crippen molar-refractivity contribution < 1.29 is 4.79 Å². The molecule has 2 aromatic carbocycles. The van der Waals surface area contributed by atoms with Crippen molar-refractivity contribution in [1.29, 1.82) is 0 Å². The minimum atomic E-state index is -0.344. The van der Waals surface area contributed by atoms with Crippen LogP contribution in [0.25, 0.3) is 0 Å². The summed E-state index contributed by atoms with van der Waals surface area (Å²) in [5.41, 5.74) is 2.64. The van der Waals surface area contributed by atoms with Gasteiger partial charge in [-0.05, 0) is 78.4 Å². The average Bonchev–Trinajstić information content (AvgIpc) is 2.45. The van der Waals surface area contributed by atoms with E-state index < -0.39 is 0 Å². The van der Waals surface area contributed by atoms with Crippen LogP contribution < -0.4 is 10.6 Å². The molecule has 2 N–H and O–H groups in total. The van der Waals surface area contributed by atoms with Crippen molar-refractivity contribution in [2.75, 3.05) is 10.6 Å². The molecule has 0 saturated heterocycles. The Labute approximate surface area is 143 Å². The lowest BCUT2D eigenvalue weighted by Gasteiger charge is -2.16. The molecule has 2 rings (SSSR count). The highest BCUT2D eigenvalue weighted by molar-refractivity contribution is 14.1. The fourth-order valence-electron chi connectivity index (χ4n) is 1.83. The van der Waals surface area contributed by atoms with Crippen LogP contribution in [0.15, 0.2) is 42.5 Å². The topological polar surface area (TPSA) is 41.1 Å². The number of anilines is 2. The van der Waals surface area contributed by atoms with Crippen molar-refractivity contribution in [2.45, 2.75) is 19.9 Å². The minimum Gasteiger partial charge on any atom is -0.374 e. The van der Waals surface area contributed by atoms with Crippen LogP contribution in [0.4, 0.5) is 11.4 Å². The van der Waals surface area contributed by atoms with Crippen LogP contribution >= 0.6 is 34.2 Å².